The summed E-state index contributed by atoms with van der Waals surface area (Å²) in [5.41, 5.74) is 0. The van der Waals surface area contributed by atoms with Gasteiger partial charge in [-0.3, -0.25) is 4.79 Å². The minimum Gasteiger partial charge on any atom is -0.490 e. The number of nitrogens with one attached hydrogen (secondary N) is 1. The summed E-state index contributed by atoms with van der Waals surface area (Å²) in [5.74, 6) is -2.94. The number of benzene rings is 1. The van der Waals surface area contributed by atoms with E-state index in [0.29, 0.717) is 4.47 Å². The summed E-state index contributed by atoms with van der Waals surface area (Å²) in [5, 5.41) is 10.4. The van der Waals surface area contributed by atoms with Crippen molar-refractivity contribution < 1.29 is 37.0 Å². The van der Waals surface area contributed by atoms with Crippen LogP contribution in [0.25, 0.3) is 0 Å². The molecule has 1 aromatic carbocycles. The minimum absolute atomic E-state index is 0.0613. The van der Waals surface area contributed by atoms with Crippen LogP contribution in [-0.4, -0.2) is 60.8 Å². The maximum absolute atomic E-state index is 13.5. The first-order chi connectivity index (χ1) is 12.6. The lowest BCUT2D eigenvalue weighted by Gasteiger charge is -2.20. The van der Waals surface area contributed by atoms with Crippen LogP contribution in [0.1, 0.15) is 12.8 Å². The monoisotopic (exact) mass is 458 g/mol. The molecule has 152 valence electrons. The van der Waals surface area contributed by atoms with E-state index in [2.05, 4.69) is 21.2 Å². The van der Waals surface area contributed by atoms with E-state index in [1.165, 1.54) is 6.07 Å². The highest BCUT2D eigenvalue weighted by Gasteiger charge is 2.38. The Morgan fingerprint density at radius 2 is 1.93 bits per heavy atom. The van der Waals surface area contributed by atoms with Crippen LogP contribution in [0, 0.1) is 5.82 Å². The Bertz CT molecular complexity index is 635. The SMILES string of the molecule is O=C(CCOc1ccc(Br)cc1F)N1CCCNCC1.O=C(O)C(F)(F)F. The van der Waals surface area contributed by atoms with E-state index in [9.17, 15) is 22.4 Å². The maximum atomic E-state index is 13.5. The second-order valence-electron chi connectivity index (χ2n) is 5.46. The quantitative estimate of drug-likeness (QED) is 0.678. The van der Waals surface area contributed by atoms with Crippen LogP contribution >= 0.6 is 15.9 Å². The topological polar surface area (TPSA) is 78.9 Å². The number of rotatable bonds is 4. The van der Waals surface area contributed by atoms with Crippen LogP contribution in [0.4, 0.5) is 17.6 Å². The summed E-state index contributed by atoms with van der Waals surface area (Å²) in [4.78, 5) is 22.7. The fraction of sp³-hybridized carbons (Fsp3) is 0.500. The molecule has 1 amide bonds. The molecule has 1 aliphatic rings. The zero-order valence-electron chi connectivity index (χ0n) is 14.2. The predicted molar refractivity (Wildman–Crippen MR) is 92.0 cm³/mol. The molecular formula is C16H19BrF4N2O4. The number of carboxylic acid groups (broad SMARTS) is 1. The molecule has 2 rings (SSSR count). The molecule has 2 N–H and O–H groups in total. The smallest absolute Gasteiger partial charge is 0.490 e. The van der Waals surface area contributed by atoms with Crippen molar-refractivity contribution in [3.63, 3.8) is 0 Å². The summed E-state index contributed by atoms with van der Waals surface area (Å²) >= 11 is 3.18. The number of aliphatic carboxylic acids is 1. The lowest BCUT2D eigenvalue weighted by Crippen LogP contribution is -2.34. The number of hydrogen-bond donors (Lipinski definition) is 2. The summed E-state index contributed by atoms with van der Waals surface area (Å²) in [6, 6.07) is 4.61. The summed E-state index contributed by atoms with van der Waals surface area (Å²) < 4.78 is 51.2. The fourth-order valence-corrected chi connectivity index (χ4v) is 2.43. The van der Waals surface area contributed by atoms with E-state index in [1.54, 1.807) is 12.1 Å². The number of hydrogen-bond acceptors (Lipinski definition) is 4. The van der Waals surface area contributed by atoms with Crippen LogP contribution in [0.2, 0.25) is 0 Å². The molecule has 0 unspecified atom stereocenters. The average molecular weight is 459 g/mol. The Kier molecular flexibility index (Phi) is 9.50. The normalized spacial score (nSPS) is 14.6. The third kappa shape index (κ3) is 9.05. The van der Waals surface area contributed by atoms with Crippen LogP contribution in [0.3, 0.4) is 0 Å². The number of carboxylic acids is 1. The Labute approximate surface area is 161 Å². The van der Waals surface area contributed by atoms with Crippen molar-refractivity contribution >= 4 is 27.8 Å². The first-order valence-electron chi connectivity index (χ1n) is 7.97. The van der Waals surface area contributed by atoms with Gasteiger partial charge in [0.05, 0.1) is 13.0 Å². The Hall–Kier alpha value is -1.88. The van der Waals surface area contributed by atoms with Gasteiger partial charge in [-0.25, -0.2) is 9.18 Å². The van der Waals surface area contributed by atoms with Gasteiger partial charge in [0.1, 0.15) is 0 Å². The van der Waals surface area contributed by atoms with Crippen LogP contribution < -0.4 is 10.1 Å². The van der Waals surface area contributed by atoms with Gasteiger partial charge in [-0.15, -0.1) is 0 Å². The number of alkyl halides is 3. The van der Waals surface area contributed by atoms with Crippen molar-refractivity contribution in [3.05, 3.63) is 28.5 Å². The standard InChI is InChI=1S/C14H18BrFN2O2.C2HF3O2/c15-11-2-3-13(12(16)10-11)20-9-4-14(19)18-7-1-5-17-6-8-18;3-2(4,5)1(6)7/h2-3,10,17H,1,4-9H2;(H,6,7). The van der Waals surface area contributed by atoms with Crippen molar-refractivity contribution in [1.82, 2.24) is 10.2 Å². The Balaban J connectivity index is 0.000000445. The molecule has 1 aromatic rings. The van der Waals surface area contributed by atoms with E-state index >= 15 is 0 Å². The highest BCUT2D eigenvalue weighted by molar-refractivity contribution is 9.10. The van der Waals surface area contributed by atoms with Gasteiger partial charge < -0.3 is 20.1 Å². The zero-order chi connectivity index (χ0) is 20.4. The number of halogens is 5. The second kappa shape index (κ2) is 11.1. The molecule has 0 aliphatic carbocycles. The molecule has 0 spiro atoms. The van der Waals surface area contributed by atoms with Gasteiger partial charge in [-0.1, -0.05) is 15.9 Å². The van der Waals surface area contributed by atoms with Crippen LogP contribution in [-0.2, 0) is 9.59 Å². The van der Waals surface area contributed by atoms with Crippen molar-refractivity contribution in [2.24, 2.45) is 0 Å². The van der Waals surface area contributed by atoms with Gasteiger partial charge in [0.25, 0.3) is 0 Å². The number of carbonyl (C=O) groups excluding carboxylic acids is 1. The number of carbonyl (C=O) groups is 2. The lowest BCUT2D eigenvalue weighted by molar-refractivity contribution is -0.192. The van der Waals surface area contributed by atoms with Crippen molar-refractivity contribution in [2.75, 3.05) is 32.8 Å². The van der Waals surface area contributed by atoms with E-state index in [1.807, 2.05) is 4.90 Å². The van der Waals surface area contributed by atoms with Gasteiger partial charge in [0, 0.05) is 24.1 Å². The van der Waals surface area contributed by atoms with E-state index in [-0.39, 0.29) is 24.7 Å². The molecule has 6 nitrogen and oxygen atoms in total. The molecule has 0 bridgehead atoms. The summed E-state index contributed by atoms with van der Waals surface area (Å²) in [7, 11) is 0. The zero-order valence-corrected chi connectivity index (χ0v) is 15.8. The molecule has 0 saturated carbocycles. The lowest BCUT2D eigenvalue weighted by atomic mass is 10.3. The number of nitrogens with zero attached hydrogens (tertiary/aromatic N) is 1. The van der Waals surface area contributed by atoms with Crippen LogP contribution in [0.15, 0.2) is 22.7 Å². The van der Waals surface area contributed by atoms with E-state index in [0.717, 1.165) is 32.6 Å². The first kappa shape index (κ1) is 23.2. The summed E-state index contributed by atoms with van der Waals surface area (Å²) in [6.07, 6.45) is -3.84. The fourth-order valence-electron chi connectivity index (χ4n) is 2.09. The van der Waals surface area contributed by atoms with E-state index < -0.39 is 18.0 Å². The van der Waals surface area contributed by atoms with Crippen LogP contribution in [0.5, 0.6) is 5.75 Å². The Morgan fingerprint density at radius 3 is 2.52 bits per heavy atom. The van der Waals surface area contributed by atoms with Crippen molar-refractivity contribution in [3.8, 4) is 5.75 Å². The molecule has 1 aliphatic heterocycles. The maximum Gasteiger partial charge on any atom is 0.490 e. The largest absolute Gasteiger partial charge is 0.490 e. The second-order valence-corrected chi connectivity index (χ2v) is 6.38. The minimum atomic E-state index is -5.08. The average Bonchev–Trinajstić information content (AvgIpc) is 2.86. The molecule has 0 aromatic heterocycles. The molecule has 0 atom stereocenters. The van der Waals surface area contributed by atoms with E-state index in [4.69, 9.17) is 14.6 Å². The van der Waals surface area contributed by atoms with Gasteiger partial charge in [0.15, 0.2) is 11.6 Å². The van der Waals surface area contributed by atoms with Gasteiger partial charge in [-0.05, 0) is 31.2 Å². The molecule has 11 heteroatoms. The molecule has 0 radical (unpaired) electrons. The van der Waals surface area contributed by atoms with Gasteiger partial charge in [0.2, 0.25) is 5.91 Å². The van der Waals surface area contributed by atoms with Crippen molar-refractivity contribution in [2.45, 2.75) is 19.0 Å². The van der Waals surface area contributed by atoms with Crippen molar-refractivity contribution in [1.29, 1.82) is 0 Å². The molecule has 27 heavy (non-hydrogen) atoms. The molecule has 1 saturated heterocycles. The number of amides is 1. The third-order valence-corrected chi connectivity index (χ3v) is 3.90. The van der Waals surface area contributed by atoms with Gasteiger partial charge in [-0.2, -0.15) is 13.2 Å². The molecule has 1 heterocycles. The van der Waals surface area contributed by atoms with Gasteiger partial charge >= 0.3 is 12.1 Å². The third-order valence-electron chi connectivity index (χ3n) is 3.40. The highest BCUT2D eigenvalue weighted by Crippen LogP contribution is 2.21. The Morgan fingerprint density at radius 1 is 1.26 bits per heavy atom. The molecular weight excluding hydrogens is 440 g/mol. The predicted octanol–water partition coefficient (Wildman–Crippen LogP) is 2.81. The highest BCUT2D eigenvalue weighted by atomic mass is 79.9. The first-order valence-corrected chi connectivity index (χ1v) is 8.77. The number of ether oxygens (including phenoxy) is 1. The molecule has 1 fully saturated rings. The summed E-state index contributed by atoms with van der Waals surface area (Å²) in [6.45, 7) is 3.48.